The molecular weight excluding hydrogens is 425 g/mol. The summed E-state index contributed by atoms with van der Waals surface area (Å²) in [5, 5.41) is 3.48. The molecule has 0 unspecified atom stereocenters. The maximum atomic E-state index is 12.8. The Morgan fingerprint density at radius 3 is 2.29 bits per heavy atom. The molecule has 0 saturated heterocycles. The van der Waals surface area contributed by atoms with Crippen LogP contribution in [-0.4, -0.2) is 26.4 Å². The Balaban J connectivity index is 1.89. The van der Waals surface area contributed by atoms with Gasteiger partial charge in [0.2, 0.25) is 0 Å². The van der Waals surface area contributed by atoms with Crippen molar-refractivity contribution >= 4 is 50.5 Å². The molecule has 2 aromatic carbocycles. The Labute approximate surface area is 171 Å². The average molecular weight is 440 g/mol. The lowest BCUT2D eigenvalue weighted by Crippen LogP contribution is -2.16. The summed E-state index contributed by atoms with van der Waals surface area (Å²) < 4.78 is 33.2. The zero-order valence-electron chi connectivity index (χ0n) is 14.5. The summed E-state index contributed by atoms with van der Waals surface area (Å²) >= 11 is 11.6. The number of methoxy groups -OCH3 is 1. The van der Waals surface area contributed by atoms with Crippen LogP contribution in [0.3, 0.4) is 0 Å². The predicted molar refractivity (Wildman–Crippen MR) is 109 cm³/mol. The van der Waals surface area contributed by atoms with Crippen LogP contribution in [0.1, 0.15) is 10.5 Å². The molecule has 0 aliphatic rings. The number of nitrogens with one attached hydrogen (secondary N) is 3. The molecule has 0 aliphatic heterocycles. The van der Waals surface area contributed by atoms with E-state index in [1.807, 2.05) is 0 Å². The molecule has 146 valence electrons. The minimum atomic E-state index is -3.99. The zero-order valence-corrected chi connectivity index (χ0v) is 16.8. The molecule has 0 spiro atoms. The smallest absolute Gasteiger partial charge is 0.272 e. The highest BCUT2D eigenvalue weighted by atomic mass is 35.5. The second-order valence-corrected chi connectivity index (χ2v) is 8.19. The Morgan fingerprint density at radius 2 is 1.68 bits per heavy atom. The third-order valence-electron chi connectivity index (χ3n) is 3.70. The molecule has 10 heteroatoms. The molecule has 1 amide bonds. The largest absolute Gasteiger partial charge is 0.495 e. The number of benzene rings is 2. The molecule has 1 heterocycles. The van der Waals surface area contributed by atoms with Crippen LogP contribution in [0.4, 0.5) is 11.4 Å². The number of aromatic amines is 1. The lowest BCUT2D eigenvalue weighted by molar-refractivity contribution is 0.102. The maximum Gasteiger partial charge on any atom is 0.272 e. The number of hydrogen-bond donors (Lipinski definition) is 3. The fraction of sp³-hybridized carbons (Fsp3) is 0.0556. The monoisotopic (exact) mass is 439 g/mol. The SMILES string of the molecule is COc1ccc(NC(=O)c2cc(Cl)c[nH]2)cc1S(=O)(=O)Nc1ccc(Cl)cc1. The topological polar surface area (TPSA) is 100 Å². The number of hydrogen-bond acceptors (Lipinski definition) is 4. The molecule has 0 aliphatic carbocycles. The highest BCUT2D eigenvalue weighted by molar-refractivity contribution is 7.92. The molecule has 0 radical (unpaired) electrons. The number of rotatable bonds is 6. The van der Waals surface area contributed by atoms with Gasteiger partial charge in [-0.1, -0.05) is 23.2 Å². The fourth-order valence-electron chi connectivity index (χ4n) is 2.39. The van der Waals surface area contributed by atoms with E-state index < -0.39 is 15.9 Å². The van der Waals surface area contributed by atoms with Crippen molar-refractivity contribution in [2.45, 2.75) is 4.90 Å². The summed E-state index contributed by atoms with van der Waals surface area (Å²) in [6, 6.07) is 11.9. The summed E-state index contributed by atoms with van der Waals surface area (Å²) in [7, 11) is -2.63. The Morgan fingerprint density at radius 1 is 1.00 bits per heavy atom. The van der Waals surface area contributed by atoms with Crippen LogP contribution < -0.4 is 14.8 Å². The number of carbonyl (C=O) groups excluding carboxylic acids is 1. The molecule has 0 atom stereocenters. The fourth-order valence-corrected chi connectivity index (χ4v) is 3.93. The normalized spacial score (nSPS) is 11.1. The quantitative estimate of drug-likeness (QED) is 0.530. The Bertz CT molecular complexity index is 1110. The number of halogens is 2. The van der Waals surface area contributed by atoms with Crippen molar-refractivity contribution in [1.29, 1.82) is 0 Å². The van der Waals surface area contributed by atoms with Gasteiger partial charge in [0.15, 0.2) is 0 Å². The van der Waals surface area contributed by atoms with Crippen LogP contribution in [0.5, 0.6) is 5.75 Å². The van der Waals surface area contributed by atoms with E-state index >= 15 is 0 Å². The van der Waals surface area contributed by atoms with Gasteiger partial charge in [-0.15, -0.1) is 0 Å². The number of sulfonamides is 1. The van der Waals surface area contributed by atoms with Gasteiger partial charge in [0.25, 0.3) is 15.9 Å². The molecule has 28 heavy (non-hydrogen) atoms. The van der Waals surface area contributed by atoms with Gasteiger partial charge in [-0.05, 0) is 48.5 Å². The van der Waals surface area contributed by atoms with Crippen molar-refractivity contribution in [3.63, 3.8) is 0 Å². The number of aromatic nitrogens is 1. The Kier molecular flexibility index (Phi) is 5.83. The van der Waals surface area contributed by atoms with E-state index in [4.69, 9.17) is 27.9 Å². The number of amides is 1. The minimum Gasteiger partial charge on any atom is -0.495 e. The van der Waals surface area contributed by atoms with Crippen LogP contribution in [0.25, 0.3) is 0 Å². The molecule has 3 aromatic rings. The standard InChI is InChI=1S/C18H15Cl2N3O4S/c1-27-16-7-6-14(22-18(24)15-8-12(20)10-21-15)9-17(16)28(25,26)23-13-4-2-11(19)3-5-13/h2-10,21,23H,1H3,(H,22,24). The minimum absolute atomic E-state index is 0.127. The van der Waals surface area contributed by atoms with Crippen LogP contribution in [-0.2, 0) is 10.0 Å². The summed E-state index contributed by atoms with van der Waals surface area (Å²) in [5.74, 6) is -0.339. The molecule has 0 fully saturated rings. The number of anilines is 2. The molecule has 1 aromatic heterocycles. The van der Waals surface area contributed by atoms with Gasteiger partial charge >= 0.3 is 0 Å². The van der Waals surface area contributed by atoms with Gasteiger partial charge in [0.1, 0.15) is 16.3 Å². The summed E-state index contributed by atoms with van der Waals surface area (Å²) in [5.41, 5.74) is 0.847. The maximum absolute atomic E-state index is 12.8. The van der Waals surface area contributed by atoms with Crippen LogP contribution in [0, 0.1) is 0 Å². The van der Waals surface area contributed by atoms with Crippen molar-refractivity contribution in [3.05, 3.63) is 70.5 Å². The first kappa shape index (κ1) is 20.1. The second kappa shape index (κ2) is 8.14. The first-order valence-electron chi connectivity index (χ1n) is 7.90. The average Bonchev–Trinajstić information content (AvgIpc) is 3.10. The first-order chi connectivity index (χ1) is 13.3. The number of ether oxygens (including phenoxy) is 1. The van der Waals surface area contributed by atoms with Gasteiger partial charge in [-0.25, -0.2) is 8.42 Å². The van der Waals surface area contributed by atoms with Crippen molar-refractivity contribution in [2.75, 3.05) is 17.1 Å². The molecule has 7 nitrogen and oxygen atoms in total. The zero-order chi connectivity index (χ0) is 20.3. The number of H-pyrrole nitrogens is 1. The van der Waals surface area contributed by atoms with Crippen LogP contribution in [0.15, 0.2) is 59.6 Å². The van der Waals surface area contributed by atoms with E-state index in [0.717, 1.165) is 0 Å². The molecular formula is C18H15Cl2N3O4S. The summed E-state index contributed by atoms with van der Waals surface area (Å²) in [6.45, 7) is 0. The second-order valence-electron chi connectivity index (χ2n) is 5.66. The Hall–Kier alpha value is -2.68. The van der Waals surface area contributed by atoms with E-state index in [0.29, 0.717) is 15.7 Å². The third kappa shape index (κ3) is 4.59. The van der Waals surface area contributed by atoms with Crippen molar-refractivity contribution < 1.29 is 17.9 Å². The predicted octanol–water partition coefficient (Wildman–Crippen LogP) is 4.38. The molecule has 0 bridgehead atoms. The molecule has 3 rings (SSSR count). The van der Waals surface area contributed by atoms with Gasteiger partial charge in [-0.2, -0.15) is 0 Å². The van der Waals surface area contributed by atoms with E-state index in [-0.39, 0.29) is 22.0 Å². The van der Waals surface area contributed by atoms with E-state index in [2.05, 4.69) is 15.0 Å². The summed E-state index contributed by atoms with van der Waals surface area (Å²) in [6.07, 6.45) is 1.47. The van der Waals surface area contributed by atoms with Gasteiger partial charge in [0, 0.05) is 22.6 Å². The van der Waals surface area contributed by atoms with E-state index in [1.54, 1.807) is 12.1 Å². The highest BCUT2D eigenvalue weighted by Gasteiger charge is 2.21. The van der Waals surface area contributed by atoms with Crippen LogP contribution in [0.2, 0.25) is 10.0 Å². The van der Waals surface area contributed by atoms with Gasteiger partial charge in [-0.3, -0.25) is 9.52 Å². The van der Waals surface area contributed by atoms with Gasteiger partial charge < -0.3 is 15.0 Å². The van der Waals surface area contributed by atoms with Gasteiger partial charge in [0.05, 0.1) is 12.1 Å². The van der Waals surface area contributed by atoms with Crippen molar-refractivity contribution in [1.82, 2.24) is 4.98 Å². The molecule has 3 N–H and O–H groups in total. The summed E-state index contributed by atoms with van der Waals surface area (Å²) in [4.78, 5) is 14.8. The number of carbonyl (C=O) groups is 1. The highest BCUT2D eigenvalue weighted by Crippen LogP contribution is 2.29. The lowest BCUT2D eigenvalue weighted by atomic mass is 10.3. The first-order valence-corrected chi connectivity index (χ1v) is 10.1. The lowest BCUT2D eigenvalue weighted by Gasteiger charge is -2.13. The van der Waals surface area contributed by atoms with E-state index in [1.165, 1.54) is 49.7 Å². The van der Waals surface area contributed by atoms with Crippen LogP contribution >= 0.6 is 23.2 Å². The van der Waals surface area contributed by atoms with Crippen molar-refractivity contribution in [2.24, 2.45) is 0 Å². The van der Waals surface area contributed by atoms with E-state index in [9.17, 15) is 13.2 Å². The molecule has 0 saturated carbocycles. The van der Waals surface area contributed by atoms with Crippen molar-refractivity contribution in [3.8, 4) is 5.75 Å². The third-order valence-corrected chi connectivity index (χ3v) is 5.57.